The van der Waals surface area contributed by atoms with Crippen LogP contribution in [0.25, 0.3) is 0 Å². The Labute approximate surface area is 178 Å². The first-order valence-electron chi connectivity index (χ1n) is 10.3. The molecule has 0 spiro atoms. The minimum atomic E-state index is -3.74. The fourth-order valence-corrected chi connectivity index (χ4v) is 6.49. The fourth-order valence-electron chi connectivity index (χ4n) is 4.69. The van der Waals surface area contributed by atoms with Crippen LogP contribution in [0.5, 0.6) is 0 Å². The molecule has 1 aliphatic carbocycles. The zero-order chi connectivity index (χ0) is 21.7. The van der Waals surface area contributed by atoms with Gasteiger partial charge in [0.25, 0.3) is 0 Å². The third-order valence-electron chi connectivity index (χ3n) is 6.31. The molecule has 1 atom stereocenters. The van der Waals surface area contributed by atoms with Crippen molar-refractivity contribution in [1.82, 2.24) is 4.31 Å². The molecule has 0 amide bonds. The van der Waals surface area contributed by atoms with E-state index in [0.717, 1.165) is 11.3 Å². The molecule has 160 valence electrons. The van der Waals surface area contributed by atoms with E-state index in [2.05, 4.69) is 29.2 Å². The van der Waals surface area contributed by atoms with Gasteiger partial charge in [-0.05, 0) is 69.0 Å². The minimum absolute atomic E-state index is 0.186. The first kappa shape index (κ1) is 20.9. The summed E-state index contributed by atoms with van der Waals surface area (Å²) >= 11 is 0. The highest BCUT2D eigenvalue weighted by Gasteiger charge is 2.42. The molecule has 2 aromatic carbocycles. The minimum Gasteiger partial charge on any atom is -0.481 e. The summed E-state index contributed by atoms with van der Waals surface area (Å²) in [5, 5.41) is 9.47. The molecule has 6 nitrogen and oxygen atoms in total. The molecule has 30 heavy (non-hydrogen) atoms. The molecular weight excluding hydrogens is 400 g/mol. The molecule has 1 saturated heterocycles. The second kappa shape index (κ2) is 7.39. The first-order valence-corrected chi connectivity index (χ1v) is 11.7. The van der Waals surface area contributed by atoms with Crippen molar-refractivity contribution in [2.75, 3.05) is 24.5 Å². The highest BCUT2D eigenvalue weighted by atomic mass is 32.2. The number of hydrogen-bond acceptors (Lipinski definition) is 4. The van der Waals surface area contributed by atoms with E-state index in [1.807, 2.05) is 20.8 Å². The Morgan fingerprint density at radius 1 is 1.10 bits per heavy atom. The maximum Gasteiger partial charge on any atom is 0.310 e. The van der Waals surface area contributed by atoms with Gasteiger partial charge in [-0.1, -0.05) is 23.8 Å². The van der Waals surface area contributed by atoms with E-state index in [1.54, 1.807) is 22.5 Å². The molecule has 1 heterocycles. The van der Waals surface area contributed by atoms with E-state index >= 15 is 0 Å². The second-order valence-electron chi connectivity index (χ2n) is 8.94. The molecule has 1 aliphatic heterocycles. The molecular formula is C23H28N2O4S. The van der Waals surface area contributed by atoms with Gasteiger partial charge in [-0.15, -0.1) is 0 Å². The number of carboxylic acid groups (broad SMARTS) is 1. The van der Waals surface area contributed by atoms with E-state index in [9.17, 15) is 18.3 Å². The Morgan fingerprint density at radius 2 is 1.80 bits per heavy atom. The number of aryl methyl sites for hydroxylation is 2. The molecule has 1 fully saturated rings. The predicted molar refractivity (Wildman–Crippen MR) is 117 cm³/mol. The van der Waals surface area contributed by atoms with Crippen molar-refractivity contribution in [2.24, 2.45) is 0 Å². The van der Waals surface area contributed by atoms with Crippen LogP contribution in [-0.2, 0) is 21.2 Å². The highest BCUT2D eigenvalue weighted by Crippen LogP contribution is 2.37. The molecule has 0 aromatic heterocycles. The number of hydrogen-bond donors (Lipinski definition) is 1. The molecule has 2 aromatic rings. The van der Waals surface area contributed by atoms with Crippen LogP contribution in [0.15, 0.2) is 47.4 Å². The number of nitrogens with zero attached hydrogens (tertiary/aromatic N) is 2. The second-order valence-corrected chi connectivity index (χ2v) is 10.8. The maximum atomic E-state index is 13.5. The lowest BCUT2D eigenvalue weighted by molar-refractivity contribution is -0.138. The number of benzene rings is 2. The standard InChI is InChI=1S/C23H28N2O4S/c1-16-4-8-18(9-5-16)24-12-13-25(23(2,3)15-24)30(28,29)19-10-6-17-7-11-20(22(26)27)21(17)14-19/h4-6,8-10,14,20H,7,11-13,15H2,1-3H3,(H,26,27). The molecule has 0 radical (unpaired) electrons. The van der Waals surface area contributed by atoms with Gasteiger partial charge in [0.05, 0.1) is 10.8 Å². The highest BCUT2D eigenvalue weighted by molar-refractivity contribution is 7.89. The van der Waals surface area contributed by atoms with Crippen LogP contribution >= 0.6 is 0 Å². The van der Waals surface area contributed by atoms with Gasteiger partial charge in [0.2, 0.25) is 10.0 Å². The summed E-state index contributed by atoms with van der Waals surface area (Å²) in [6, 6.07) is 13.3. The van der Waals surface area contributed by atoms with Crippen LogP contribution in [0.2, 0.25) is 0 Å². The zero-order valence-electron chi connectivity index (χ0n) is 17.6. The van der Waals surface area contributed by atoms with Crippen molar-refractivity contribution in [2.45, 2.75) is 50.0 Å². The Balaban J connectivity index is 1.62. The van der Waals surface area contributed by atoms with Crippen molar-refractivity contribution in [1.29, 1.82) is 0 Å². The van der Waals surface area contributed by atoms with Gasteiger partial charge in [0.15, 0.2) is 0 Å². The lowest BCUT2D eigenvalue weighted by Crippen LogP contribution is -2.61. The summed E-state index contributed by atoms with van der Waals surface area (Å²) in [5.74, 6) is -1.52. The summed E-state index contributed by atoms with van der Waals surface area (Å²) in [6.07, 6.45) is 1.20. The number of piperazine rings is 1. The molecule has 4 rings (SSSR count). The molecule has 7 heteroatoms. The van der Waals surface area contributed by atoms with Gasteiger partial charge in [0, 0.05) is 30.9 Å². The van der Waals surface area contributed by atoms with Gasteiger partial charge in [-0.2, -0.15) is 4.31 Å². The predicted octanol–water partition coefficient (Wildman–Crippen LogP) is 3.40. The smallest absolute Gasteiger partial charge is 0.310 e. The van der Waals surface area contributed by atoms with Crippen LogP contribution in [0.3, 0.4) is 0 Å². The van der Waals surface area contributed by atoms with Gasteiger partial charge in [0.1, 0.15) is 0 Å². The molecule has 1 unspecified atom stereocenters. The van der Waals surface area contributed by atoms with Crippen molar-refractivity contribution < 1.29 is 18.3 Å². The normalized spacial score (nSPS) is 21.4. The SMILES string of the molecule is Cc1ccc(N2CCN(S(=O)(=O)c3ccc4c(c3)C(C(=O)O)CC4)C(C)(C)C2)cc1. The molecule has 0 saturated carbocycles. The number of sulfonamides is 1. The Kier molecular flexibility index (Phi) is 5.14. The number of carboxylic acids is 1. The summed E-state index contributed by atoms with van der Waals surface area (Å²) in [7, 11) is -3.74. The van der Waals surface area contributed by atoms with Crippen LogP contribution in [0.4, 0.5) is 5.69 Å². The lowest BCUT2D eigenvalue weighted by atomic mass is 10.0. The van der Waals surface area contributed by atoms with Crippen molar-refractivity contribution in [3.8, 4) is 0 Å². The van der Waals surface area contributed by atoms with Crippen molar-refractivity contribution in [3.63, 3.8) is 0 Å². The quantitative estimate of drug-likeness (QED) is 0.808. The number of aliphatic carboxylic acids is 1. The molecule has 1 N–H and O–H groups in total. The van der Waals surface area contributed by atoms with Gasteiger partial charge >= 0.3 is 5.97 Å². The Hall–Kier alpha value is -2.38. The first-order chi connectivity index (χ1) is 14.1. The Bertz CT molecular complexity index is 1080. The van der Waals surface area contributed by atoms with E-state index in [1.165, 1.54) is 5.56 Å². The summed E-state index contributed by atoms with van der Waals surface area (Å²) in [6.45, 7) is 7.50. The third kappa shape index (κ3) is 3.61. The van der Waals surface area contributed by atoms with E-state index in [-0.39, 0.29) is 4.90 Å². The number of rotatable bonds is 4. The number of anilines is 1. The maximum absolute atomic E-state index is 13.5. The van der Waals surface area contributed by atoms with Gasteiger partial charge in [-0.3, -0.25) is 4.79 Å². The van der Waals surface area contributed by atoms with Gasteiger partial charge in [-0.25, -0.2) is 8.42 Å². The lowest BCUT2D eigenvalue weighted by Gasteiger charge is -2.46. The van der Waals surface area contributed by atoms with Gasteiger partial charge < -0.3 is 10.0 Å². The van der Waals surface area contributed by atoms with E-state index in [0.29, 0.717) is 38.0 Å². The van der Waals surface area contributed by atoms with Crippen molar-refractivity contribution >= 4 is 21.7 Å². The number of carbonyl (C=O) groups is 1. The monoisotopic (exact) mass is 428 g/mol. The summed E-state index contributed by atoms with van der Waals surface area (Å²) in [5.41, 5.74) is 3.25. The molecule has 2 aliphatic rings. The zero-order valence-corrected chi connectivity index (χ0v) is 18.4. The van der Waals surface area contributed by atoms with Crippen LogP contribution in [0, 0.1) is 6.92 Å². The number of fused-ring (bicyclic) bond motifs is 1. The molecule has 0 bridgehead atoms. The van der Waals surface area contributed by atoms with Crippen LogP contribution in [-0.4, -0.2) is 49.0 Å². The summed E-state index contributed by atoms with van der Waals surface area (Å²) < 4.78 is 28.6. The third-order valence-corrected chi connectivity index (χ3v) is 8.41. The largest absolute Gasteiger partial charge is 0.481 e. The van der Waals surface area contributed by atoms with E-state index in [4.69, 9.17) is 0 Å². The topological polar surface area (TPSA) is 77.9 Å². The fraction of sp³-hybridized carbons (Fsp3) is 0.435. The summed E-state index contributed by atoms with van der Waals surface area (Å²) in [4.78, 5) is 14.0. The van der Waals surface area contributed by atoms with Crippen LogP contribution in [0.1, 0.15) is 42.9 Å². The van der Waals surface area contributed by atoms with Crippen LogP contribution < -0.4 is 4.90 Å². The average Bonchev–Trinajstić information content (AvgIpc) is 3.11. The van der Waals surface area contributed by atoms with E-state index < -0.39 is 27.4 Å². The average molecular weight is 429 g/mol. The van der Waals surface area contributed by atoms with Crippen molar-refractivity contribution in [3.05, 3.63) is 59.2 Å². The Morgan fingerprint density at radius 3 is 2.43 bits per heavy atom.